The van der Waals surface area contributed by atoms with Crippen LogP contribution in [0.5, 0.6) is 0 Å². The van der Waals surface area contributed by atoms with Crippen LogP contribution in [-0.2, 0) is 0 Å². The van der Waals surface area contributed by atoms with E-state index in [0.29, 0.717) is 5.56 Å². The van der Waals surface area contributed by atoms with Crippen molar-refractivity contribution in [3.05, 3.63) is 70.8 Å². The van der Waals surface area contributed by atoms with Gasteiger partial charge >= 0.3 is 5.97 Å². The number of carbonyl (C=O) groups is 1. The minimum atomic E-state index is -1.02. The smallest absolute Gasteiger partial charge is 0.335 e. The second-order valence-corrected chi connectivity index (χ2v) is 3.76. The molecule has 4 heteroatoms. The van der Waals surface area contributed by atoms with Crippen molar-refractivity contribution in [3.8, 4) is 11.8 Å². The summed E-state index contributed by atoms with van der Waals surface area (Å²) in [5.74, 6) is 2.84. The highest BCUT2D eigenvalue weighted by Gasteiger charge is 2.01. The number of rotatable bonds is 1. The Bertz CT molecular complexity index is 680. The Hall–Kier alpha value is -2.67. The van der Waals surface area contributed by atoms with Crippen LogP contribution in [0.15, 0.2) is 42.5 Å². The summed E-state index contributed by atoms with van der Waals surface area (Å²) in [5.41, 5.74) is 0.788. The van der Waals surface area contributed by atoms with Crippen molar-refractivity contribution in [2.75, 3.05) is 0 Å². The molecule has 19 heavy (non-hydrogen) atoms. The molecule has 0 saturated heterocycles. The van der Waals surface area contributed by atoms with Crippen LogP contribution in [0, 0.1) is 23.5 Å². The van der Waals surface area contributed by atoms with E-state index in [0.717, 1.165) is 12.1 Å². The first-order valence-corrected chi connectivity index (χ1v) is 5.37. The number of hydrogen-bond donors (Lipinski definition) is 1. The van der Waals surface area contributed by atoms with Crippen molar-refractivity contribution in [3.63, 3.8) is 0 Å². The first-order chi connectivity index (χ1) is 9.06. The third-order valence-corrected chi connectivity index (χ3v) is 2.40. The molecular formula is C15H8F2O2. The zero-order chi connectivity index (χ0) is 13.8. The molecule has 0 radical (unpaired) electrons. The Morgan fingerprint density at radius 1 is 1.00 bits per heavy atom. The number of hydrogen-bond acceptors (Lipinski definition) is 1. The van der Waals surface area contributed by atoms with Gasteiger partial charge in [-0.15, -0.1) is 0 Å². The average molecular weight is 258 g/mol. The summed E-state index contributed by atoms with van der Waals surface area (Å²) >= 11 is 0. The molecule has 0 amide bonds. The van der Waals surface area contributed by atoms with Gasteiger partial charge in [0.05, 0.1) is 11.1 Å². The summed E-state index contributed by atoms with van der Waals surface area (Å²) < 4.78 is 26.0. The van der Waals surface area contributed by atoms with Crippen molar-refractivity contribution < 1.29 is 18.7 Å². The van der Waals surface area contributed by atoms with Gasteiger partial charge in [-0.25, -0.2) is 13.6 Å². The zero-order valence-electron chi connectivity index (χ0n) is 9.65. The van der Waals surface area contributed by atoms with Crippen LogP contribution in [0.3, 0.4) is 0 Å². The van der Waals surface area contributed by atoms with Gasteiger partial charge in [0, 0.05) is 11.6 Å². The summed E-state index contributed by atoms with van der Waals surface area (Å²) in [6.45, 7) is 0. The summed E-state index contributed by atoms with van der Waals surface area (Å²) in [4.78, 5) is 10.6. The van der Waals surface area contributed by atoms with E-state index in [2.05, 4.69) is 11.8 Å². The fourth-order valence-electron chi connectivity index (χ4n) is 1.43. The molecule has 2 aromatic carbocycles. The number of carboxylic acids is 1. The maximum absolute atomic E-state index is 13.3. The van der Waals surface area contributed by atoms with E-state index < -0.39 is 17.6 Å². The number of aromatic carboxylic acids is 1. The highest BCUT2D eigenvalue weighted by atomic mass is 19.1. The maximum Gasteiger partial charge on any atom is 0.335 e. The van der Waals surface area contributed by atoms with E-state index in [4.69, 9.17) is 5.11 Å². The van der Waals surface area contributed by atoms with Crippen LogP contribution >= 0.6 is 0 Å². The van der Waals surface area contributed by atoms with E-state index in [1.54, 1.807) is 0 Å². The van der Waals surface area contributed by atoms with E-state index in [-0.39, 0.29) is 11.1 Å². The fourth-order valence-corrected chi connectivity index (χ4v) is 1.43. The van der Waals surface area contributed by atoms with Crippen molar-refractivity contribution in [2.45, 2.75) is 0 Å². The molecule has 1 N–H and O–H groups in total. The molecule has 0 spiro atoms. The minimum Gasteiger partial charge on any atom is -0.478 e. The molecule has 0 aliphatic rings. The Morgan fingerprint density at radius 3 is 2.26 bits per heavy atom. The highest BCUT2D eigenvalue weighted by Crippen LogP contribution is 2.09. The quantitative estimate of drug-likeness (QED) is 0.798. The Balaban J connectivity index is 2.26. The lowest BCUT2D eigenvalue weighted by Gasteiger charge is -1.95. The molecule has 94 valence electrons. The molecule has 2 aromatic rings. The molecule has 0 fully saturated rings. The van der Waals surface area contributed by atoms with Crippen LogP contribution in [0.4, 0.5) is 8.78 Å². The Morgan fingerprint density at radius 2 is 1.68 bits per heavy atom. The van der Waals surface area contributed by atoms with Crippen LogP contribution in [0.2, 0.25) is 0 Å². The van der Waals surface area contributed by atoms with Crippen molar-refractivity contribution >= 4 is 5.97 Å². The molecule has 2 nitrogen and oxygen atoms in total. The topological polar surface area (TPSA) is 37.3 Å². The normalized spacial score (nSPS) is 9.58. The van der Waals surface area contributed by atoms with Crippen LogP contribution in [0.25, 0.3) is 0 Å². The fraction of sp³-hybridized carbons (Fsp3) is 0. The SMILES string of the molecule is O=C(O)c1ccc(C#Cc2ccc(F)cc2F)cc1. The van der Waals surface area contributed by atoms with E-state index in [1.807, 2.05) is 0 Å². The standard InChI is InChI=1S/C15H8F2O2/c16-13-8-7-11(14(17)9-13)4-1-10-2-5-12(6-3-10)15(18)19/h2-3,5-9H,(H,18,19). The molecule has 0 heterocycles. The second kappa shape index (κ2) is 5.32. The second-order valence-electron chi connectivity index (χ2n) is 3.76. The summed E-state index contributed by atoms with van der Waals surface area (Å²) in [7, 11) is 0. The van der Waals surface area contributed by atoms with E-state index in [1.165, 1.54) is 30.3 Å². The summed E-state index contributed by atoms with van der Waals surface area (Å²) in [6, 6.07) is 9.01. The highest BCUT2D eigenvalue weighted by molar-refractivity contribution is 5.87. The molecule has 0 atom stereocenters. The van der Waals surface area contributed by atoms with E-state index in [9.17, 15) is 13.6 Å². The first-order valence-electron chi connectivity index (χ1n) is 5.37. The Kier molecular flexibility index (Phi) is 3.58. The third-order valence-electron chi connectivity index (χ3n) is 2.40. The van der Waals surface area contributed by atoms with Gasteiger partial charge in [-0.3, -0.25) is 0 Å². The number of carboxylic acid groups (broad SMARTS) is 1. The van der Waals surface area contributed by atoms with Gasteiger partial charge in [-0.1, -0.05) is 11.8 Å². The number of benzene rings is 2. The first kappa shape index (κ1) is 12.8. The van der Waals surface area contributed by atoms with Crippen molar-refractivity contribution in [2.24, 2.45) is 0 Å². The molecular weight excluding hydrogens is 250 g/mol. The molecule has 0 aromatic heterocycles. The summed E-state index contributed by atoms with van der Waals surface area (Å²) in [5, 5.41) is 8.72. The minimum absolute atomic E-state index is 0.0868. The molecule has 0 aliphatic heterocycles. The monoisotopic (exact) mass is 258 g/mol. The van der Waals surface area contributed by atoms with Gasteiger partial charge in [0.15, 0.2) is 0 Å². The van der Waals surface area contributed by atoms with Crippen LogP contribution in [-0.4, -0.2) is 11.1 Å². The third kappa shape index (κ3) is 3.17. The molecule has 0 unspecified atom stereocenters. The lowest BCUT2D eigenvalue weighted by Crippen LogP contribution is -1.94. The van der Waals surface area contributed by atoms with Crippen LogP contribution in [0.1, 0.15) is 21.5 Å². The lowest BCUT2D eigenvalue weighted by molar-refractivity contribution is 0.0697. The predicted octanol–water partition coefficient (Wildman–Crippen LogP) is 3.06. The van der Waals surface area contributed by atoms with Crippen molar-refractivity contribution in [1.82, 2.24) is 0 Å². The lowest BCUT2D eigenvalue weighted by atomic mass is 10.1. The zero-order valence-corrected chi connectivity index (χ0v) is 9.65. The van der Waals surface area contributed by atoms with Gasteiger partial charge in [0.2, 0.25) is 0 Å². The van der Waals surface area contributed by atoms with Gasteiger partial charge < -0.3 is 5.11 Å². The van der Waals surface area contributed by atoms with Gasteiger partial charge in [0.25, 0.3) is 0 Å². The average Bonchev–Trinajstić information content (AvgIpc) is 2.38. The van der Waals surface area contributed by atoms with Crippen molar-refractivity contribution in [1.29, 1.82) is 0 Å². The largest absolute Gasteiger partial charge is 0.478 e. The molecule has 0 aliphatic carbocycles. The van der Waals surface area contributed by atoms with Gasteiger partial charge in [0.1, 0.15) is 11.6 Å². The van der Waals surface area contributed by atoms with Gasteiger partial charge in [-0.2, -0.15) is 0 Å². The maximum atomic E-state index is 13.3. The predicted molar refractivity (Wildman–Crippen MR) is 65.7 cm³/mol. The molecule has 0 saturated carbocycles. The molecule has 2 rings (SSSR count). The number of halogens is 2. The summed E-state index contributed by atoms with van der Waals surface area (Å²) in [6.07, 6.45) is 0. The Labute approximate surface area is 108 Å². The van der Waals surface area contributed by atoms with Crippen LogP contribution < -0.4 is 0 Å². The molecule has 0 bridgehead atoms. The van der Waals surface area contributed by atoms with E-state index >= 15 is 0 Å². The van der Waals surface area contributed by atoms with Gasteiger partial charge in [-0.05, 0) is 36.4 Å².